The number of hydrogen-bond acceptors (Lipinski definition) is 12. The molecule has 2 aromatic carbocycles. The minimum absolute atomic E-state index is 0.210. The van der Waals surface area contributed by atoms with Crippen LogP contribution < -0.4 is 10.6 Å². The fourth-order valence-electron chi connectivity index (χ4n) is 9.50. The van der Waals surface area contributed by atoms with E-state index in [0.29, 0.717) is 89.5 Å². The lowest BCUT2D eigenvalue weighted by atomic mass is 9.94. The van der Waals surface area contributed by atoms with Crippen molar-refractivity contribution in [3.8, 4) is 45.0 Å². The molecule has 2 aliphatic rings. The topological polar surface area (TPSA) is 230 Å². The van der Waals surface area contributed by atoms with Gasteiger partial charge in [-0.3, -0.25) is 23.9 Å². The number of aliphatic hydroxyl groups is 2. The molecule has 0 aliphatic heterocycles. The largest absolute Gasteiger partial charge is 0.392 e. The molecule has 348 valence electrons. The van der Waals surface area contributed by atoms with Crippen LogP contribution in [0.3, 0.4) is 0 Å². The molecule has 0 atom stereocenters. The predicted molar refractivity (Wildman–Crippen MR) is 266 cm³/mol. The highest BCUT2D eigenvalue weighted by molar-refractivity contribution is 7.14. The number of carbonyl (C=O) groups excluding carboxylic acids is 2. The normalized spacial score (nSPS) is 13.5. The Kier molecular flexibility index (Phi) is 10.9. The lowest BCUT2D eigenvalue weighted by Gasteiger charge is -2.17. The molecule has 17 nitrogen and oxygen atoms in total. The highest BCUT2D eigenvalue weighted by atomic mass is 32.1. The molecular weight excluding hydrogens is 903 g/mol. The van der Waals surface area contributed by atoms with E-state index < -0.39 is 0 Å². The van der Waals surface area contributed by atoms with Gasteiger partial charge in [0.25, 0.3) is 11.8 Å². The van der Waals surface area contributed by atoms with Crippen molar-refractivity contribution in [2.24, 2.45) is 7.05 Å². The van der Waals surface area contributed by atoms with Crippen molar-refractivity contribution in [3.05, 3.63) is 147 Å². The summed E-state index contributed by atoms with van der Waals surface area (Å²) in [5, 5.41) is 37.0. The van der Waals surface area contributed by atoms with Gasteiger partial charge in [0, 0.05) is 93.7 Å². The minimum Gasteiger partial charge on any atom is -0.392 e. The molecule has 10 aromatic rings. The number of nitrogens with zero attached hydrogens (tertiary/aromatic N) is 9. The number of H-pyrrole nitrogens is 2. The molecule has 0 bridgehead atoms. The van der Waals surface area contributed by atoms with Crippen LogP contribution in [0.5, 0.6) is 0 Å². The molecule has 12 rings (SSSR count). The molecular formula is C52H45N13O4S. The highest BCUT2D eigenvalue weighted by Gasteiger charge is 2.26. The van der Waals surface area contributed by atoms with E-state index >= 15 is 0 Å². The number of hydrogen-bond donors (Lipinski definition) is 6. The second kappa shape index (κ2) is 17.7. The summed E-state index contributed by atoms with van der Waals surface area (Å²) in [6.45, 7) is -0.410. The van der Waals surface area contributed by atoms with Crippen LogP contribution in [0.4, 0.5) is 11.4 Å². The lowest BCUT2D eigenvalue weighted by Crippen LogP contribution is -2.14. The average Bonchev–Trinajstić information content (AvgIpc) is 3.88. The summed E-state index contributed by atoms with van der Waals surface area (Å²) in [4.78, 5) is 59.6. The van der Waals surface area contributed by atoms with Crippen LogP contribution >= 0.6 is 11.3 Å². The van der Waals surface area contributed by atoms with Crippen molar-refractivity contribution >= 4 is 56.9 Å². The molecule has 2 aliphatic carbocycles. The van der Waals surface area contributed by atoms with Crippen LogP contribution in [0.25, 0.3) is 67.4 Å². The van der Waals surface area contributed by atoms with Crippen molar-refractivity contribution in [2.45, 2.75) is 64.2 Å². The fraction of sp³-hybridized carbons (Fsp3) is 0.212. The molecule has 6 N–H and O–H groups in total. The maximum Gasteiger partial charge on any atom is 0.265 e. The summed E-state index contributed by atoms with van der Waals surface area (Å²) >= 11 is 1.54. The van der Waals surface area contributed by atoms with E-state index in [4.69, 9.17) is 20.1 Å². The third-order valence-corrected chi connectivity index (χ3v) is 14.4. The molecule has 18 heteroatoms. The van der Waals surface area contributed by atoms with Crippen LogP contribution in [0, 0.1) is 0 Å². The number of aromatic nitrogens is 11. The van der Waals surface area contributed by atoms with Crippen molar-refractivity contribution in [3.63, 3.8) is 0 Å². The van der Waals surface area contributed by atoms with E-state index in [1.807, 2.05) is 68.0 Å². The van der Waals surface area contributed by atoms with E-state index in [9.17, 15) is 19.8 Å². The number of anilines is 2. The summed E-state index contributed by atoms with van der Waals surface area (Å²) < 4.78 is 3.49. The number of aliphatic hydroxyl groups excluding tert-OH is 2. The van der Waals surface area contributed by atoms with Crippen molar-refractivity contribution < 1.29 is 19.8 Å². The van der Waals surface area contributed by atoms with Gasteiger partial charge in [-0.1, -0.05) is 24.3 Å². The van der Waals surface area contributed by atoms with E-state index in [0.717, 1.165) is 66.5 Å². The average molecular weight is 948 g/mol. The number of aryl methyl sites for hydroxylation is 3. The van der Waals surface area contributed by atoms with E-state index in [-0.39, 0.29) is 31.6 Å². The fourth-order valence-corrected chi connectivity index (χ4v) is 10.6. The first kappa shape index (κ1) is 43.1. The van der Waals surface area contributed by atoms with Crippen LogP contribution in [-0.2, 0) is 39.6 Å². The Morgan fingerprint density at radius 3 is 2.19 bits per heavy atom. The highest BCUT2D eigenvalue weighted by Crippen LogP contribution is 2.40. The maximum absolute atomic E-state index is 13.8. The number of fused-ring (bicyclic) bond motifs is 3. The number of benzene rings is 2. The van der Waals surface area contributed by atoms with Crippen molar-refractivity contribution in [2.75, 3.05) is 10.6 Å². The monoisotopic (exact) mass is 947 g/mol. The first-order valence-corrected chi connectivity index (χ1v) is 24.0. The lowest BCUT2D eigenvalue weighted by molar-refractivity contribution is 0.102. The van der Waals surface area contributed by atoms with Gasteiger partial charge in [0.1, 0.15) is 11.6 Å². The van der Waals surface area contributed by atoms with Gasteiger partial charge in [0.05, 0.1) is 64.8 Å². The van der Waals surface area contributed by atoms with Crippen molar-refractivity contribution in [1.82, 2.24) is 54.4 Å². The SMILES string of the molecule is Cn1cc(-c2nc3ncc(Cn4cc(-c5nc6nccc(-c7cccc(NC(=O)c8ccc(C9CC9)nc8)c7CO)c6[nH]5)cn4)c(-c4cccc(NC(=O)c5cc6c(s5)CCCC6)c4CO)c3[nH]2)cn1. The Hall–Kier alpha value is -8.19. The Bertz CT molecular complexity index is 3630. The Morgan fingerprint density at radius 2 is 1.46 bits per heavy atom. The number of aromatic amines is 2. The first-order valence-electron chi connectivity index (χ1n) is 23.2. The number of pyridine rings is 3. The van der Waals surface area contributed by atoms with Crippen molar-refractivity contribution in [1.29, 1.82) is 0 Å². The van der Waals surface area contributed by atoms with Gasteiger partial charge in [0.2, 0.25) is 0 Å². The summed E-state index contributed by atoms with van der Waals surface area (Å²) in [5.74, 6) is 1.06. The number of nitrogens with one attached hydrogen (secondary N) is 4. The van der Waals surface area contributed by atoms with Gasteiger partial charge in [-0.2, -0.15) is 10.2 Å². The number of imidazole rings is 2. The molecule has 1 fully saturated rings. The number of carbonyl (C=O) groups is 2. The Labute approximate surface area is 403 Å². The quantitative estimate of drug-likeness (QED) is 0.0641. The minimum atomic E-state index is -0.348. The maximum atomic E-state index is 13.8. The van der Waals surface area contributed by atoms with Gasteiger partial charge < -0.3 is 30.8 Å². The third kappa shape index (κ3) is 8.00. The van der Waals surface area contributed by atoms with Crippen LogP contribution in [0.2, 0.25) is 0 Å². The third-order valence-electron chi connectivity index (χ3n) is 13.2. The van der Waals surface area contributed by atoms with E-state index in [1.54, 1.807) is 63.8 Å². The summed E-state index contributed by atoms with van der Waals surface area (Å²) in [6, 6.07) is 18.7. The molecule has 0 spiro atoms. The number of amides is 2. The molecule has 1 saturated carbocycles. The zero-order valence-corrected chi connectivity index (χ0v) is 38.7. The Morgan fingerprint density at radius 1 is 0.743 bits per heavy atom. The van der Waals surface area contributed by atoms with E-state index in [1.165, 1.54) is 10.4 Å². The first-order chi connectivity index (χ1) is 34.3. The predicted octanol–water partition coefficient (Wildman–Crippen LogP) is 8.58. The molecule has 8 heterocycles. The summed E-state index contributed by atoms with van der Waals surface area (Å²) in [6.07, 6.45) is 18.7. The standard InChI is InChI=1S/C52H45N13O4S/c1-64-23-32(21-56-64)47-61-46-44(35-8-5-10-41(38(35)27-67)59-52(69)43-18-29-6-2-3-11-42(29)70-43)31(20-55-50(46)63-47)24-65-25-33(22-57-65)48-60-45-36(16-17-53-49(45)62-48)34-7-4-9-40(37(34)26-66)58-51(68)30-14-15-39(54-19-30)28-12-13-28/h4-5,7-10,14-23,25,28,66-67H,2-3,6,11-13,24,26-27H2,1H3,(H,58,68)(H,59,69)(H,53,60,62)(H,55,61,63). The second-order valence-electron chi connectivity index (χ2n) is 17.8. The van der Waals surface area contributed by atoms with Gasteiger partial charge in [-0.05, 0) is 91.6 Å². The smallest absolute Gasteiger partial charge is 0.265 e. The molecule has 0 radical (unpaired) electrons. The zero-order chi connectivity index (χ0) is 47.5. The summed E-state index contributed by atoms with van der Waals surface area (Å²) in [7, 11) is 1.84. The molecule has 2 amide bonds. The van der Waals surface area contributed by atoms with Gasteiger partial charge in [-0.15, -0.1) is 11.3 Å². The van der Waals surface area contributed by atoms with Crippen LogP contribution in [-0.4, -0.2) is 76.5 Å². The zero-order valence-electron chi connectivity index (χ0n) is 37.9. The number of thiophene rings is 1. The van der Waals surface area contributed by atoms with E-state index in [2.05, 4.69) is 35.7 Å². The van der Waals surface area contributed by atoms with Crippen LogP contribution in [0.1, 0.15) is 84.5 Å². The molecule has 0 saturated heterocycles. The van der Waals surface area contributed by atoms with Gasteiger partial charge >= 0.3 is 0 Å². The molecule has 8 aromatic heterocycles. The van der Waals surface area contributed by atoms with Gasteiger partial charge in [-0.25, -0.2) is 19.9 Å². The second-order valence-corrected chi connectivity index (χ2v) is 19.0. The number of rotatable bonds is 13. The molecule has 0 unspecified atom stereocenters. The Balaban J connectivity index is 0.868. The molecule has 70 heavy (non-hydrogen) atoms. The van der Waals surface area contributed by atoms with Gasteiger partial charge in [0.15, 0.2) is 11.3 Å². The van der Waals surface area contributed by atoms with Crippen LogP contribution in [0.15, 0.2) is 104 Å². The summed E-state index contributed by atoms with van der Waals surface area (Å²) in [5.41, 5.74) is 12.1.